The second kappa shape index (κ2) is 4.88. The van der Waals surface area contributed by atoms with Gasteiger partial charge in [0.1, 0.15) is 11.6 Å². The van der Waals surface area contributed by atoms with Crippen LogP contribution in [0.25, 0.3) is 5.65 Å². The first-order chi connectivity index (χ1) is 10.3. The van der Waals surface area contributed by atoms with Crippen molar-refractivity contribution in [2.75, 3.05) is 6.61 Å². The van der Waals surface area contributed by atoms with Gasteiger partial charge < -0.3 is 4.74 Å². The van der Waals surface area contributed by atoms with Crippen molar-refractivity contribution in [3.05, 3.63) is 59.5 Å². The number of aromatic nitrogens is 3. The molecule has 0 amide bonds. The van der Waals surface area contributed by atoms with Crippen molar-refractivity contribution in [1.29, 1.82) is 0 Å². The summed E-state index contributed by atoms with van der Waals surface area (Å²) in [5, 5.41) is 4.38. The zero-order valence-electron chi connectivity index (χ0n) is 12.0. The predicted molar refractivity (Wildman–Crippen MR) is 80.6 cm³/mol. The first kappa shape index (κ1) is 12.4. The van der Waals surface area contributed by atoms with Crippen LogP contribution in [0.15, 0.2) is 42.6 Å². The molecule has 0 radical (unpaired) electrons. The molecule has 4 rings (SSSR count). The summed E-state index contributed by atoms with van der Waals surface area (Å²) in [6, 6.07) is 12.5. The van der Waals surface area contributed by atoms with Crippen molar-refractivity contribution in [2.24, 2.45) is 5.92 Å². The molecular weight excluding hydrogens is 262 g/mol. The van der Waals surface area contributed by atoms with E-state index in [2.05, 4.69) is 40.5 Å². The Balaban J connectivity index is 1.55. The molecule has 0 N–H and O–H groups in total. The molecular formula is C17H17N3O. The monoisotopic (exact) mass is 279 g/mol. The number of hydrogen-bond acceptors (Lipinski definition) is 3. The van der Waals surface area contributed by atoms with E-state index in [0.717, 1.165) is 36.7 Å². The van der Waals surface area contributed by atoms with Crippen molar-refractivity contribution in [3.63, 3.8) is 0 Å². The lowest BCUT2D eigenvalue weighted by molar-refractivity contribution is 0.221. The average molecular weight is 279 g/mol. The van der Waals surface area contributed by atoms with Crippen molar-refractivity contribution in [3.8, 4) is 5.75 Å². The number of pyridine rings is 1. The third-order valence-corrected chi connectivity index (χ3v) is 3.98. The normalized spacial score (nSPS) is 17.5. The first-order valence-electron chi connectivity index (χ1n) is 7.30. The standard InChI is InChI=1S/C17H17N3O/c1-12-18-17-7-6-13(10-20(17)19-12)8-14-9-15-4-2-3-5-16(15)21-11-14/h2-7,10,14H,8-9,11H2,1H3. The highest BCUT2D eigenvalue weighted by molar-refractivity contribution is 5.39. The van der Waals surface area contributed by atoms with Gasteiger partial charge >= 0.3 is 0 Å². The van der Waals surface area contributed by atoms with Crippen LogP contribution in [0, 0.1) is 12.8 Å². The molecule has 0 saturated carbocycles. The van der Waals surface area contributed by atoms with Crippen LogP contribution >= 0.6 is 0 Å². The predicted octanol–water partition coefficient (Wildman–Crippen LogP) is 2.83. The van der Waals surface area contributed by atoms with Gasteiger partial charge in [-0.15, -0.1) is 0 Å². The number of rotatable bonds is 2. The van der Waals surface area contributed by atoms with Gasteiger partial charge in [-0.2, -0.15) is 5.10 Å². The van der Waals surface area contributed by atoms with E-state index >= 15 is 0 Å². The minimum atomic E-state index is 0.516. The van der Waals surface area contributed by atoms with Crippen molar-refractivity contribution in [2.45, 2.75) is 19.8 Å². The molecule has 1 aliphatic rings. The van der Waals surface area contributed by atoms with E-state index in [-0.39, 0.29) is 0 Å². The molecule has 0 saturated heterocycles. The number of benzene rings is 1. The second-order valence-corrected chi connectivity index (χ2v) is 5.69. The van der Waals surface area contributed by atoms with E-state index in [0.29, 0.717) is 5.92 Å². The summed E-state index contributed by atoms with van der Waals surface area (Å²) in [4.78, 5) is 4.36. The van der Waals surface area contributed by atoms with Crippen molar-refractivity contribution >= 4 is 5.65 Å². The van der Waals surface area contributed by atoms with Crippen LogP contribution in [0.2, 0.25) is 0 Å². The number of ether oxygens (including phenoxy) is 1. The Morgan fingerprint density at radius 2 is 2.14 bits per heavy atom. The molecule has 1 aromatic carbocycles. The van der Waals surface area contributed by atoms with Crippen LogP contribution in [0.1, 0.15) is 17.0 Å². The molecule has 4 nitrogen and oxygen atoms in total. The number of nitrogens with zero attached hydrogens (tertiary/aromatic N) is 3. The highest BCUT2D eigenvalue weighted by Gasteiger charge is 2.20. The SMILES string of the molecule is Cc1nc2ccc(CC3COc4ccccc4C3)cn2n1. The molecule has 3 aromatic rings. The third-order valence-electron chi connectivity index (χ3n) is 3.98. The molecule has 4 heteroatoms. The Morgan fingerprint density at radius 1 is 1.24 bits per heavy atom. The zero-order chi connectivity index (χ0) is 14.2. The topological polar surface area (TPSA) is 39.4 Å². The molecule has 1 aliphatic heterocycles. The molecule has 3 heterocycles. The summed E-state index contributed by atoms with van der Waals surface area (Å²) in [5.74, 6) is 2.36. The Kier molecular flexibility index (Phi) is 2.88. The maximum atomic E-state index is 5.87. The van der Waals surface area contributed by atoms with Gasteiger partial charge in [-0.25, -0.2) is 9.50 Å². The Morgan fingerprint density at radius 3 is 3.10 bits per heavy atom. The smallest absolute Gasteiger partial charge is 0.155 e. The molecule has 0 aliphatic carbocycles. The van der Waals surface area contributed by atoms with Crippen LogP contribution in [0.5, 0.6) is 5.75 Å². The van der Waals surface area contributed by atoms with Crippen LogP contribution in [0.4, 0.5) is 0 Å². The van der Waals surface area contributed by atoms with Gasteiger partial charge in [0.05, 0.1) is 6.61 Å². The van der Waals surface area contributed by atoms with Crippen LogP contribution in [0.3, 0.4) is 0 Å². The summed E-state index contributed by atoms with van der Waals surface area (Å²) in [7, 11) is 0. The van der Waals surface area contributed by atoms with Gasteiger partial charge in [0.2, 0.25) is 0 Å². The largest absolute Gasteiger partial charge is 0.493 e. The fourth-order valence-electron chi connectivity index (χ4n) is 3.01. The molecule has 21 heavy (non-hydrogen) atoms. The Bertz CT molecular complexity index is 794. The lowest BCUT2D eigenvalue weighted by Crippen LogP contribution is -2.22. The Hall–Kier alpha value is -2.36. The molecule has 0 bridgehead atoms. The fraction of sp³-hybridized carbons (Fsp3) is 0.294. The minimum absolute atomic E-state index is 0.516. The molecule has 0 spiro atoms. The lowest BCUT2D eigenvalue weighted by Gasteiger charge is -2.25. The Labute approximate surface area is 123 Å². The quantitative estimate of drug-likeness (QED) is 0.724. The third kappa shape index (κ3) is 2.37. The number of fused-ring (bicyclic) bond motifs is 2. The number of hydrogen-bond donors (Lipinski definition) is 0. The summed E-state index contributed by atoms with van der Waals surface area (Å²) in [6.07, 6.45) is 4.16. The molecule has 2 aromatic heterocycles. The van der Waals surface area contributed by atoms with E-state index < -0.39 is 0 Å². The average Bonchev–Trinajstić information content (AvgIpc) is 2.86. The highest BCUT2D eigenvalue weighted by atomic mass is 16.5. The zero-order valence-corrected chi connectivity index (χ0v) is 12.0. The minimum Gasteiger partial charge on any atom is -0.493 e. The number of aryl methyl sites for hydroxylation is 1. The van der Waals surface area contributed by atoms with Crippen LogP contribution in [-0.2, 0) is 12.8 Å². The fourth-order valence-corrected chi connectivity index (χ4v) is 3.01. The van der Waals surface area contributed by atoms with Gasteiger partial charge in [0.25, 0.3) is 0 Å². The highest BCUT2D eigenvalue weighted by Crippen LogP contribution is 2.28. The molecule has 1 unspecified atom stereocenters. The van der Waals surface area contributed by atoms with Gasteiger partial charge in [-0.05, 0) is 43.0 Å². The van der Waals surface area contributed by atoms with E-state index in [1.54, 1.807) is 0 Å². The van der Waals surface area contributed by atoms with Gasteiger partial charge in [0.15, 0.2) is 5.65 Å². The summed E-state index contributed by atoms with van der Waals surface area (Å²) in [5.41, 5.74) is 3.49. The van der Waals surface area contributed by atoms with Crippen LogP contribution < -0.4 is 4.74 Å². The van der Waals surface area contributed by atoms with E-state index in [9.17, 15) is 0 Å². The number of para-hydroxylation sites is 1. The van der Waals surface area contributed by atoms with E-state index in [1.165, 1.54) is 11.1 Å². The van der Waals surface area contributed by atoms with Crippen LogP contribution in [-0.4, -0.2) is 21.2 Å². The van der Waals surface area contributed by atoms with E-state index in [4.69, 9.17) is 4.74 Å². The second-order valence-electron chi connectivity index (χ2n) is 5.69. The van der Waals surface area contributed by atoms with Crippen molar-refractivity contribution in [1.82, 2.24) is 14.6 Å². The first-order valence-corrected chi connectivity index (χ1v) is 7.30. The van der Waals surface area contributed by atoms with Gasteiger partial charge in [-0.1, -0.05) is 24.3 Å². The summed E-state index contributed by atoms with van der Waals surface area (Å²) in [6.45, 7) is 2.70. The van der Waals surface area contributed by atoms with Gasteiger partial charge in [0, 0.05) is 12.1 Å². The summed E-state index contributed by atoms with van der Waals surface area (Å²) < 4.78 is 7.73. The van der Waals surface area contributed by atoms with Gasteiger partial charge in [-0.3, -0.25) is 0 Å². The molecule has 106 valence electrons. The molecule has 1 atom stereocenters. The maximum Gasteiger partial charge on any atom is 0.155 e. The lowest BCUT2D eigenvalue weighted by atomic mass is 9.91. The van der Waals surface area contributed by atoms with E-state index in [1.807, 2.05) is 23.6 Å². The molecule has 0 fully saturated rings. The summed E-state index contributed by atoms with van der Waals surface area (Å²) >= 11 is 0. The maximum absolute atomic E-state index is 5.87. The van der Waals surface area contributed by atoms with Crippen molar-refractivity contribution < 1.29 is 4.74 Å².